The van der Waals surface area contributed by atoms with E-state index < -0.39 is 0 Å². The number of amides is 2. The van der Waals surface area contributed by atoms with Gasteiger partial charge in [-0.15, -0.1) is 0 Å². The molecule has 2 amide bonds. The number of aromatic nitrogens is 4. The summed E-state index contributed by atoms with van der Waals surface area (Å²) < 4.78 is 1.73. The van der Waals surface area contributed by atoms with Crippen molar-refractivity contribution < 1.29 is 9.59 Å². The van der Waals surface area contributed by atoms with Gasteiger partial charge in [0.15, 0.2) is 5.65 Å². The number of pyridine rings is 1. The van der Waals surface area contributed by atoms with Gasteiger partial charge in [0.2, 0.25) is 5.91 Å². The van der Waals surface area contributed by atoms with Crippen molar-refractivity contribution in [1.29, 1.82) is 0 Å². The molecule has 28 heavy (non-hydrogen) atoms. The van der Waals surface area contributed by atoms with Crippen molar-refractivity contribution >= 4 is 17.5 Å². The Kier molecular flexibility index (Phi) is 4.77. The molecule has 1 unspecified atom stereocenters. The van der Waals surface area contributed by atoms with Crippen LogP contribution in [0.15, 0.2) is 43.0 Å². The molecule has 0 aromatic carbocycles. The average Bonchev–Trinajstić information content (AvgIpc) is 3.35. The first-order valence-electron chi connectivity index (χ1n) is 9.25. The van der Waals surface area contributed by atoms with Gasteiger partial charge in [-0.2, -0.15) is 5.10 Å². The maximum absolute atomic E-state index is 12.6. The third-order valence-electron chi connectivity index (χ3n) is 5.10. The second-order valence-corrected chi connectivity index (χ2v) is 7.23. The normalized spacial score (nSPS) is 16.5. The van der Waals surface area contributed by atoms with Crippen molar-refractivity contribution in [2.24, 2.45) is 0 Å². The van der Waals surface area contributed by atoms with Gasteiger partial charge in [0.1, 0.15) is 5.56 Å². The quantitative estimate of drug-likeness (QED) is 0.685. The Labute approximate surface area is 162 Å². The van der Waals surface area contributed by atoms with Gasteiger partial charge in [0.25, 0.3) is 5.91 Å². The second kappa shape index (κ2) is 7.38. The molecule has 8 heteroatoms. The van der Waals surface area contributed by atoms with Crippen molar-refractivity contribution in [2.75, 3.05) is 27.2 Å². The molecule has 1 atom stereocenters. The van der Waals surface area contributed by atoms with E-state index in [1.165, 1.54) is 4.90 Å². The Morgan fingerprint density at radius 3 is 2.82 bits per heavy atom. The summed E-state index contributed by atoms with van der Waals surface area (Å²) in [6, 6.07) is 5.68. The fourth-order valence-electron chi connectivity index (χ4n) is 3.63. The summed E-state index contributed by atoms with van der Waals surface area (Å²) in [4.78, 5) is 36.8. The third kappa shape index (κ3) is 3.33. The molecule has 144 valence electrons. The average molecular weight is 378 g/mol. The Balaban J connectivity index is 1.53. The highest BCUT2D eigenvalue weighted by Crippen LogP contribution is 2.28. The van der Waals surface area contributed by atoms with Crippen LogP contribution in [0.5, 0.6) is 0 Å². The molecule has 4 rings (SSSR count). The first-order valence-corrected chi connectivity index (χ1v) is 9.25. The predicted molar refractivity (Wildman–Crippen MR) is 103 cm³/mol. The zero-order chi connectivity index (χ0) is 19.7. The van der Waals surface area contributed by atoms with Gasteiger partial charge in [0, 0.05) is 51.7 Å². The number of hydrogen-bond acceptors (Lipinski definition) is 5. The maximum atomic E-state index is 12.6. The smallest absolute Gasteiger partial charge is 0.258 e. The summed E-state index contributed by atoms with van der Waals surface area (Å²) in [5.74, 6) is 0.134. The van der Waals surface area contributed by atoms with Gasteiger partial charge in [-0.3, -0.25) is 14.6 Å². The first-order chi connectivity index (χ1) is 13.5. The van der Waals surface area contributed by atoms with E-state index in [2.05, 4.69) is 15.1 Å². The first kappa shape index (κ1) is 18.1. The van der Waals surface area contributed by atoms with E-state index >= 15 is 0 Å². The molecule has 0 saturated carbocycles. The lowest BCUT2D eigenvalue weighted by molar-refractivity contribution is -0.129. The van der Waals surface area contributed by atoms with E-state index in [1.54, 1.807) is 43.4 Å². The molecule has 0 aliphatic carbocycles. The van der Waals surface area contributed by atoms with Crippen LogP contribution in [-0.2, 0) is 11.2 Å². The molecule has 0 spiro atoms. The molecule has 4 heterocycles. The van der Waals surface area contributed by atoms with E-state index in [1.807, 2.05) is 23.1 Å². The van der Waals surface area contributed by atoms with Crippen molar-refractivity contribution in [3.8, 4) is 0 Å². The number of fused-ring (bicyclic) bond motifs is 1. The van der Waals surface area contributed by atoms with Crippen molar-refractivity contribution in [3.63, 3.8) is 0 Å². The Morgan fingerprint density at radius 2 is 2.07 bits per heavy atom. The third-order valence-corrected chi connectivity index (χ3v) is 5.10. The number of carbonyl (C=O) groups is 2. The Bertz CT molecular complexity index is 1010. The highest BCUT2D eigenvalue weighted by Gasteiger charge is 2.29. The van der Waals surface area contributed by atoms with E-state index in [4.69, 9.17) is 0 Å². The van der Waals surface area contributed by atoms with Crippen LogP contribution >= 0.6 is 0 Å². The number of likely N-dealkylation sites (tertiary alicyclic amines) is 1. The summed E-state index contributed by atoms with van der Waals surface area (Å²) in [6.07, 6.45) is 7.91. The number of rotatable bonds is 4. The topological polar surface area (TPSA) is 83.7 Å². The van der Waals surface area contributed by atoms with Crippen LogP contribution in [0.2, 0.25) is 0 Å². The van der Waals surface area contributed by atoms with Crippen molar-refractivity contribution in [3.05, 3.63) is 59.8 Å². The minimum atomic E-state index is -0.126. The van der Waals surface area contributed by atoms with Crippen molar-refractivity contribution in [2.45, 2.75) is 18.8 Å². The fourth-order valence-corrected chi connectivity index (χ4v) is 3.63. The van der Waals surface area contributed by atoms with Gasteiger partial charge in [-0.1, -0.05) is 6.07 Å². The lowest BCUT2D eigenvalue weighted by Crippen LogP contribution is -2.30. The van der Waals surface area contributed by atoms with E-state index in [9.17, 15) is 9.59 Å². The molecule has 1 saturated heterocycles. The largest absolute Gasteiger partial charge is 0.345 e. The van der Waals surface area contributed by atoms with Crippen LogP contribution < -0.4 is 0 Å². The van der Waals surface area contributed by atoms with Crippen LogP contribution in [0.4, 0.5) is 0 Å². The molecule has 1 aliphatic rings. The van der Waals surface area contributed by atoms with Crippen LogP contribution in [0.3, 0.4) is 0 Å². The highest BCUT2D eigenvalue weighted by molar-refractivity contribution is 5.99. The zero-order valence-corrected chi connectivity index (χ0v) is 15.9. The van der Waals surface area contributed by atoms with Crippen molar-refractivity contribution in [1.82, 2.24) is 29.4 Å². The molecule has 3 aromatic rings. The second-order valence-electron chi connectivity index (χ2n) is 7.23. The lowest BCUT2D eigenvalue weighted by Gasteiger charge is -2.17. The minimum absolute atomic E-state index is 0.102. The fraction of sp³-hybridized carbons (Fsp3) is 0.350. The maximum Gasteiger partial charge on any atom is 0.258 e. The van der Waals surface area contributed by atoms with E-state index in [0.29, 0.717) is 30.7 Å². The van der Waals surface area contributed by atoms with Crippen LogP contribution in [-0.4, -0.2) is 68.4 Å². The summed E-state index contributed by atoms with van der Waals surface area (Å²) in [7, 11) is 3.41. The summed E-state index contributed by atoms with van der Waals surface area (Å²) in [5.41, 5.74) is 2.92. The molecule has 1 fully saturated rings. The summed E-state index contributed by atoms with van der Waals surface area (Å²) in [5, 5.41) is 4.40. The summed E-state index contributed by atoms with van der Waals surface area (Å²) >= 11 is 0. The van der Waals surface area contributed by atoms with Gasteiger partial charge in [-0.05, 0) is 24.1 Å². The molecule has 1 aliphatic heterocycles. The molecular formula is C20H22N6O2. The lowest BCUT2D eigenvalue weighted by atomic mass is 10.0. The van der Waals surface area contributed by atoms with Gasteiger partial charge >= 0.3 is 0 Å². The van der Waals surface area contributed by atoms with Crippen LogP contribution in [0, 0.1) is 0 Å². The molecule has 8 nitrogen and oxygen atoms in total. The Morgan fingerprint density at radius 1 is 1.21 bits per heavy atom. The molecule has 0 radical (unpaired) electrons. The van der Waals surface area contributed by atoms with Gasteiger partial charge in [0.05, 0.1) is 18.3 Å². The molecule has 0 bridgehead atoms. The summed E-state index contributed by atoms with van der Waals surface area (Å²) in [6.45, 7) is 1.34. The van der Waals surface area contributed by atoms with Crippen LogP contribution in [0.1, 0.15) is 34.0 Å². The standard InChI is InChI=1S/C20H22N6O2/c1-24(2)20(28)16-12-23-26-17(5-8-22-19(16)26)15-6-9-25(13-15)18(27)10-14-4-3-7-21-11-14/h3-5,7-8,11-12,15H,6,9-10,13H2,1-2H3. The predicted octanol–water partition coefficient (Wildman–Crippen LogP) is 1.38. The number of hydrogen-bond donors (Lipinski definition) is 0. The number of nitrogens with zero attached hydrogens (tertiary/aromatic N) is 6. The zero-order valence-electron chi connectivity index (χ0n) is 15.9. The molecular weight excluding hydrogens is 356 g/mol. The Hall–Kier alpha value is -3.29. The van der Waals surface area contributed by atoms with E-state index in [-0.39, 0.29) is 17.7 Å². The number of carbonyl (C=O) groups excluding carboxylic acids is 2. The monoisotopic (exact) mass is 378 g/mol. The van der Waals surface area contributed by atoms with Gasteiger partial charge in [-0.25, -0.2) is 9.50 Å². The molecule has 3 aromatic heterocycles. The van der Waals surface area contributed by atoms with E-state index in [0.717, 1.165) is 17.7 Å². The van der Waals surface area contributed by atoms with Gasteiger partial charge < -0.3 is 9.80 Å². The SMILES string of the molecule is CN(C)C(=O)c1cnn2c(C3CCN(C(=O)Cc4cccnc4)C3)ccnc12. The molecule has 0 N–H and O–H groups in total. The minimum Gasteiger partial charge on any atom is -0.345 e. The van der Waals surface area contributed by atoms with Crippen LogP contribution in [0.25, 0.3) is 5.65 Å². The highest BCUT2D eigenvalue weighted by atomic mass is 16.2.